The Morgan fingerprint density at radius 3 is 2.92 bits per heavy atom. The van der Waals surface area contributed by atoms with E-state index in [1.54, 1.807) is 0 Å². The Hall–Kier alpha value is -1.97. The second-order valence-electron chi connectivity index (χ2n) is 7.76. The van der Waals surface area contributed by atoms with Crippen molar-refractivity contribution in [2.45, 2.75) is 57.6 Å². The van der Waals surface area contributed by atoms with Gasteiger partial charge in [-0.15, -0.1) is 0 Å². The van der Waals surface area contributed by atoms with Gasteiger partial charge in [-0.3, -0.25) is 0 Å². The molecule has 5 rings (SSSR count). The molecule has 0 N–H and O–H groups in total. The van der Waals surface area contributed by atoms with Gasteiger partial charge in [-0.2, -0.15) is 0 Å². The number of para-hydroxylation sites is 1. The van der Waals surface area contributed by atoms with Crippen molar-refractivity contribution in [2.75, 3.05) is 6.61 Å². The Bertz CT molecular complexity index is 824. The molecule has 25 heavy (non-hydrogen) atoms. The minimum absolute atomic E-state index is 0.231. The smallest absolute Gasteiger partial charge is 0.435 e. The third-order valence-corrected chi connectivity index (χ3v) is 6.59. The normalized spacial score (nSPS) is 30.0. The van der Waals surface area contributed by atoms with Crippen molar-refractivity contribution >= 4 is 17.1 Å². The van der Waals surface area contributed by atoms with Crippen LogP contribution < -0.4 is 0 Å². The zero-order valence-corrected chi connectivity index (χ0v) is 14.7. The molecule has 0 bridgehead atoms. The van der Waals surface area contributed by atoms with E-state index in [1.165, 1.54) is 47.8 Å². The quantitative estimate of drug-likeness (QED) is 0.709. The molecule has 2 heterocycles. The van der Waals surface area contributed by atoms with E-state index < -0.39 is 6.16 Å². The van der Waals surface area contributed by atoms with Gasteiger partial charge in [-0.1, -0.05) is 24.6 Å². The number of aromatic nitrogens is 1. The van der Waals surface area contributed by atoms with E-state index in [2.05, 4.69) is 28.8 Å². The summed E-state index contributed by atoms with van der Waals surface area (Å²) in [4.78, 5) is 12.0. The van der Waals surface area contributed by atoms with Crippen molar-refractivity contribution in [3.8, 4) is 0 Å². The lowest BCUT2D eigenvalue weighted by atomic mass is 9.63. The van der Waals surface area contributed by atoms with Crippen LogP contribution in [0.25, 0.3) is 10.9 Å². The highest BCUT2D eigenvalue weighted by molar-refractivity contribution is 5.86. The van der Waals surface area contributed by atoms with Gasteiger partial charge in [0.25, 0.3) is 0 Å². The summed E-state index contributed by atoms with van der Waals surface area (Å²) in [6.07, 6.45) is 6.54. The molecule has 2 aliphatic carbocycles. The molecule has 0 amide bonds. The van der Waals surface area contributed by atoms with Crippen LogP contribution in [0, 0.1) is 11.8 Å². The first-order valence-electron chi connectivity index (χ1n) is 9.73. The maximum Gasteiger partial charge on any atom is 0.510 e. The molecule has 4 atom stereocenters. The zero-order valence-electron chi connectivity index (χ0n) is 14.7. The number of rotatable bonds is 2. The number of hydrogen-bond donors (Lipinski definition) is 0. The largest absolute Gasteiger partial charge is 0.510 e. The van der Waals surface area contributed by atoms with Crippen LogP contribution in [0.1, 0.15) is 62.4 Å². The second-order valence-corrected chi connectivity index (χ2v) is 7.76. The fourth-order valence-corrected chi connectivity index (χ4v) is 5.77. The first-order valence-corrected chi connectivity index (χ1v) is 9.73. The number of ether oxygens (including phenoxy) is 2. The highest BCUT2D eigenvalue weighted by Gasteiger charge is 2.46. The van der Waals surface area contributed by atoms with Crippen LogP contribution in [0.4, 0.5) is 4.79 Å². The van der Waals surface area contributed by atoms with Crippen LogP contribution >= 0.6 is 0 Å². The van der Waals surface area contributed by atoms with Crippen LogP contribution in [0.15, 0.2) is 24.3 Å². The summed E-state index contributed by atoms with van der Waals surface area (Å²) in [7, 11) is 0. The fourth-order valence-electron chi connectivity index (χ4n) is 5.77. The SMILES string of the molecule is CCOC(=O)O[C@@H]1CC2CCCC3CCc4c(n1c1ccccc41)C32. The Morgan fingerprint density at radius 1 is 1.20 bits per heavy atom. The summed E-state index contributed by atoms with van der Waals surface area (Å²) in [6, 6.07) is 8.61. The molecule has 4 nitrogen and oxygen atoms in total. The Morgan fingerprint density at radius 2 is 2.04 bits per heavy atom. The van der Waals surface area contributed by atoms with Crippen LogP contribution in [0.3, 0.4) is 0 Å². The van der Waals surface area contributed by atoms with Gasteiger partial charge in [0, 0.05) is 23.4 Å². The molecule has 0 saturated heterocycles. The summed E-state index contributed by atoms with van der Waals surface area (Å²) in [5.41, 5.74) is 4.18. The predicted octanol–water partition coefficient (Wildman–Crippen LogP) is 5.16. The highest BCUT2D eigenvalue weighted by atomic mass is 16.7. The third kappa shape index (κ3) is 2.22. The van der Waals surface area contributed by atoms with Crippen molar-refractivity contribution in [1.29, 1.82) is 0 Å². The molecule has 0 spiro atoms. The first-order chi connectivity index (χ1) is 12.3. The molecule has 1 aliphatic heterocycles. The van der Waals surface area contributed by atoms with Crippen molar-refractivity contribution in [3.05, 3.63) is 35.5 Å². The van der Waals surface area contributed by atoms with Crippen molar-refractivity contribution in [1.82, 2.24) is 4.57 Å². The van der Waals surface area contributed by atoms with E-state index in [0.29, 0.717) is 18.4 Å². The molecule has 0 radical (unpaired) electrons. The van der Waals surface area contributed by atoms with Gasteiger partial charge in [0.05, 0.1) is 12.1 Å². The molecule has 2 aromatic rings. The summed E-state index contributed by atoms with van der Waals surface area (Å²) >= 11 is 0. The monoisotopic (exact) mass is 339 g/mol. The zero-order chi connectivity index (χ0) is 17.0. The standard InChI is InChI=1S/C21H25NO3/c1-2-24-21(23)25-18-12-14-7-5-6-13-10-11-16-15-8-3-4-9-17(15)22(18)20(16)19(13)14/h3-4,8-9,13-14,18-19H,2,5-7,10-12H2,1H3/t13?,14?,18-,19?/m1/s1. The number of hydrogen-bond acceptors (Lipinski definition) is 3. The van der Waals surface area contributed by atoms with Crippen LogP contribution in [-0.2, 0) is 15.9 Å². The second kappa shape index (κ2) is 5.79. The van der Waals surface area contributed by atoms with Gasteiger partial charge in [0.1, 0.15) is 0 Å². The van der Waals surface area contributed by atoms with E-state index in [-0.39, 0.29) is 6.23 Å². The molecular formula is C21H25NO3. The Labute approximate surface area is 148 Å². The highest BCUT2D eigenvalue weighted by Crippen LogP contribution is 2.56. The Kier molecular flexibility index (Phi) is 3.54. The number of fused-ring (bicyclic) bond motifs is 3. The topological polar surface area (TPSA) is 40.5 Å². The van der Waals surface area contributed by atoms with E-state index in [4.69, 9.17) is 9.47 Å². The lowest BCUT2D eigenvalue weighted by molar-refractivity contribution is -0.0326. The Balaban J connectivity index is 1.67. The number of nitrogens with zero attached hydrogens (tertiary/aromatic N) is 1. The third-order valence-electron chi connectivity index (χ3n) is 6.59. The van der Waals surface area contributed by atoms with Gasteiger partial charge >= 0.3 is 6.16 Å². The fraction of sp³-hybridized carbons (Fsp3) is 0.571. The lowest BCUT2D eigenvalue weighted by Crippen LogP contribution is -2.39. The molecule has 132 valence electrons. The first kappa shape index (κ1) is 15.3. The molecule has 4 heteroatoms. The number of carbonyl (C=O) groups excluding carboxylic acids is 1. The molecule has 1 saturated carbocycles. The maximum atomic E-state index is 12.0. The number of aryl methyl sites for hydroxylation is 1. The minimum atomic E-state index is -0.541. The van der Waals surface area contributed by atoms with Gasteiger partial charge in [0.2, 0.25) is 0 Å². The molecule has 1 aromatic carbocycles. The maximum absolute atomic E-state index is 12.0. The van der Waals surface area contributed by atoms with E-state index >= 15 is 0 Å². The summed E-state index contributed by atoms with van der Waals surface area (Å²) in [5.74, 6) is 2.08. The lowest BCUT2D eigenvalue weighted by Gasteiger charge is -2.47. The van der Waals surface area contributed by atoms with Crippen molar-refractivity contribution < 1.29 is 14.3 Å². The van der Waals surface area contributed by atoms with Crippen LogP contribution in [0.5, 0.6) is 0 Å². The molecule has 1 aromatic heterocycles. The van der Waals surface area contributed by atoms with E-state index in [9.17, 15) is 4.79 Å². The van der Waals surface area contributed by atoms with Gasteiger partial charge in [0.15, 0.2) is 6.23 Å². The molecule has 3 aliphatic rings. The average Bonchev–Trinajstić information content (AvgIpc) is 2.97. The number of carbonyl (C=O) groups is 1. The molecular weight excluding hydrogens is 314 g/mol. The van der Waals surface area contributed by atoms with Crippen LogP contribution in [-0.4, -0.2) is 17.3 Å². The van der Waals surface area contributed by atoms with Crippen LogP contribution in [0.2, 0.25) is 0 Å². The molecule has 1 fully saturated rings. The summed E-state index contributed by atoms with van der Waals surface area (Å²) in [5, 5.41) is 1.35. The number of benzene rings is 1. The summed E-state index contributed by atoms with van der Waals surface area (Å²) < 4.78 is 13.2. The molecule has 3 unspecified atom stereocenters. The van der Waals surface area contributed by atoms with E-state index in [1.807, 2.05) is 6.92 Å². The minimum Gasteiger partial charge on any atom is -0.435 e. The van der Waals surface area contributed by atoms with Crippen molar-refractivity contribution in [2.24, 2.45) is 11.8 Å². The van der Waals surface area contributed by atoms with Crippen molar-refractivity contribution in [3.63, 3.8) is 0 Å². The van der Waals surface area contributed by atoms with Gasteiger partial charge in [-0.05, 0) is 56.1 Å². The van der Waals surface area contributed by atoms with E-state index in [0.717, 1.165) is 18.8 Å². The van der Waals surface area contributed by atoms with Gasteiger partial charge in [-0.25, -0.2) is 4.79 Å². The predicted molar refractivity (Wildman–Crippen MR) is 95.6 cm³/mol. The average molecular weight is 339 g/mol. The van der Waals surface area contributed by atoms with Gasteiger partial charge < -0.3 is 14.0 Å². The summed E-state index contributed by atoms with van der Waals surface area (Å²) in [6.45, 7) is 2.17.